The third-order valence-corrected chi connectivity index (χ3v) is 3.00. The predicted molar refractivity (Wildman–Crippen MR) is 78.0 cm³/mol. The lowest BCUT2D eigenvalue weighted by Crippen LogP contribution is -2.45. The molecular weight excluding hydrogens is 272 g/mol. The summed E-state index contributed by atoms with van der Waals surface area (Å²) in [4.78, 5) is 35.5. The van der Waals surface area contributed by atoms with E-state index in [0.29, 0.717) is 17.3 Å². The fourth-order valence-corrected chi connectivity index (χ4v) is 1.95. The van der Waals surface area contributed by atoms with Crippen LogP contribution in [0.3, 0.4) is 0 Å². The first-order chi connectivity index (χ1) is 10.0. The number of carbonyl (C=O) groups is 2. The monoisotopic (exact) mass is 288 g/mol. The molecule has 0 saturated carbocycles. The zero-order valence-corrected chi connectivity index (χ0v) is 11.8. The van der Waals surface area contributed by atoms with E-state index in [2.05, 4.69) is 20.8 Å². The molecule has 0 bridgehead atoms. The molecule has 0 aliphatic heterocycles. The van der Waals surface area contributed by atoms with Crippen molar-refractivity contribution in [2.45, 2.75) is 19.9 Å². The van der Waals surface area contributed by atoms with Gasteiger partial charge in [-0.1, -0.05) is 18.2 Å². The summed E-state index contributed by atoms with van der Waals surface area (Å²) in [5.74, 6) is -0.791. The summed E-state index contributed by atoms with van der Waals surface area (Å²) < 4.78 is 0. The van der Waals surface area contributed by atoms with E-state index in [0.717, 1.165) is 0 Å². The van der Waals surface area contributed by atoms with Gasteiger partial charge in [0, 0.05) is 11.9 Å². The first-order valence-electron chi connectivity index (χ1n) is 6.60. The lowest BCUT2D eigenvalue weighted by Gasteiger charge is -2.13. The smallest absolute Gasteiger partial charge is 0.273 e. The number of aromatic amines is 1. The third-order valence-electron chi connectivity index (χ3n) is 3.00. The molecule has 21 heavy (non-hydrogen) atoms. The fraction of sp³-hybridized carbons (Fsp3) is 0.286. The van der Waals surface area contributed by atoms with Crippen LogP contribution in [0, 0.1) is 0 Å². The topological polar surface area (TPSA) is 104 Å². The second kappa shape index (κ2) is 6.17. The van der Waals surface area contributed by atoms with Crippen molar-refractivity contribution in [3.05, 3.63) is 40.3 Å². The Bertz CT molecular complexity index is 738. The average Bonchev–Trinajstić information content (AvgIpc) is 2.48. The second-order valence-corrected chi connectivity index (χ2v) is 4.54. The highest BCUT2D eigenvalue weighted by Crippen LogP contribution is 2.12. The van der Waals surface area contributed by atoms with Crippen LogP contribution in [-0.4, -0.2) is 34.6 Å². The Labute approximate surface area is 120 Å². The van der Waals surface area contributed by atoms with Crippen LogP contribution in [0.5, 0.6) is 0 Å². The van der Waals surface area contributed by atoms with Crippen molar-refractivity contribution in [3.63, 3.8) is 0 Å². The van der Waals surface area contributed by atoms with Crippen molar-refractivity contribution in [3.8, 4) is 0 Å². The summed E-state index contributed by atoms with van der Waals surface area (Å²) >= 11 is 0. The Morgan fingerprint density at radius 3 is 2.62 bits per heavy atom. The van der Waals surface area contributed by atoms with E-state index in [-0.39, 0.29) is 17.2 Å². The molecule has 2 rings (SSSR count). The van der Waals surface area contributed by atoms with Crippen LogP contribution >= 0.6 is 0 Å². The van der Waals surface area contributed by atoms with Gasteiger partial charge in [-0.15, -0.1) is 0 Å². The lowest BCUT2D eigenvalue weighted by atomic mass is 10.1. The summed E-state index contributed by atoms with van der Waals surface area (Å²) in [6.45, 7) is 3.86. The maximum atomic E-state index is 12.2. The van der Waals surface area contributed by atoms with Gasteiger partial charge in [-0.3, -0.25) is 14.4 Å². The zero-order chi connectivity index (χ0) is 15.4. The number of amides is 2. The maximum Gasteiger partial charge on any atom is 0.273 e. The SMILES string of the molecule is CCNC(=O)C(C)NC(=O)c1n[nH]c(=O)c2ccccc12. The van der Waals surface area contributed by atoms with Gasteiger partial charge in [0.1, 0.15) is 6.04 Å². The molecule has 0 aliphatic rings. The number of hydrogen-bond donors (Lipinski definition) is 3. The Balaban J connectivity index is 2.30. The van der Waals surface area contributed by atoms with Crippen molar-refractivity contribution in [2.24, 2.45) is 0 Å². The first-order valence-corrected chi connectivity index (χ1v) is 6.60. The Kier molecular flexibility index (Phi) is 4.32. The first kappa shape index (κ1) is 14.7. The largest absolute Gasteiger partial charge is 0.355 e. The molecule has 1 unspecified atom stereocenters. The molecule has 0 fully saturated rings. The van der Waals surface area contributed by atoms with Crippen molar-refractivity contribution in [2.75, 3.05) is 6.54 Å². The minimum atomic E-state index is -0.690. The van der Waals surface area contributed by atoms with Crippen LogP contribution in [0.4, 0.5) is 0 Å². The fourth-order valence-electron chi connectivity index (χ4n) is 1.95. The third kappa shape index (κ3) is 3.07. The number of likely N-dealkylation sites (N-methyl/N-ethyl adjacent to an activating group) is 1. The van der Waals surface area contributed by atoms with Gasteiger partial charge in [0.25, 0.3) is 11.5 Å². The summed E-state index contributed by atoms with van der Waals surface area (Å²) in [7, 11) is 0. The molecule has 0 spiro atoms. The van der Waals surface area contributed by atoms with Gasteiger partial charge < -0.3 is 10.6 Å². The van der Waals surface area contributed by atoms with Gasteiger partial charge in [0.15, 0.2) is 5.69 Å². The van der Waals surface area contributed by atoms with E-state index in [4.69, 9.17) is 0 Å². The second-order valence-electron chi connectivity index (χ2n) is 4.54. The molecule has 1 aromatic carbocycles. The van der Waals surface area contributed by atoms with E-state index in [9.17, 15) is 14.4 Å². The van der Waals surface area contributed by atoms with E-state index >= 15 is 0 Å². The van der Waals surface area contributed by atoms with Crippen molar-refractivity contribution < 1.29 is 9.59 Å². The van der Waals surface area contributed by atoms with Crippen molar-refractivity contribution in [1.29, 1.82) is 0 Å². The predicted octanol–water partition coefficient (Wildman–Crippen LogP) is 0.178. The zero-order valence-electron chi connectivity index (χ0n) is 11.8. The molecule has 0 saturated heterocycles. The number of carbonyl (C=O) groups excluding carboxylic acids is 2. The molecule has 110 valence electrons. The van der Waals surface area contributed by atoms with E-state index in [1.54, 1.807) is 38.1 Å². The Morgan fingerprint density at radius 1 is 1.29 bits per heavy atom. The van der Waals surface area contributed by atoms with Gasteiger partial charge in [-0.05, 0) is 19.9 Å². The van der Waals surface area contributed by atoms with Crippen LogP contribution in [0.15, 0.2) is 29.1 Å². The number of benzene rings is 1. The standard InChI is InChI=1S/C14H16N4O3/c1-3-15-12(19)8(2)16-14(21)11-9-6-4-5-7-10(9)13(20)18-17-11/h4-8H,3H2,1-2H3,(H,15,19)(H,16,21)(H,18,20). The van der Waals surface area contributed by atoms with Gasteiger partial charge >= 0.3 is 0 Å². The number of fused-ring (bicyclic) bond motifs is 1. The van der Waals surface area contributed by atoms with Gasteiger partial charge in [-0.25, -0.2) is 5.10 Å². The summed E-state index contributed by atoms with van der Waals surface area (Å²) in [6.07, 6.45) is 0. The highest BCUT2D eigenvalue weighted by molar-refractivity contribution is 6.05. The Hall–Kier alpha value is -2.70. The number of H-pyrrole nitrogens is 1. The average molecular weight is 288 g/mol. The van der Waals surface area contributed by atoms with E-state index < -0.39 is 11.9 Å². The number of nitrogens with zero attached hydrogens (tertiary/aromatic N) is 1. The van der Waals surface area contributed by atoms with Crippen LogP contribution in [0.25, 0.3) is 10.8 Å². The van der Waals surface area contributed by atoms with E-state index in [1.807, 2.05) is 0 Å². The highest BCUT2D eigenvalue weighted by atomic mass is 16.2. The highest BCUT2D eigenvalue weighted by Gasteiger charge is 2.19. The molecule has 3 N–H and O–H groups in total. The molecule has 1 atom stereocenters. The molecule has 1 aromatic heterocycles. The number of aromatic nitrogens is 2. The van der Waals surface area contributed by atoms with Gasteiger partial charge in [0.2, 0.25) is 5.91 Å². The molecule has 2 aromatic rings. The van der Waals surface area contributed by atoms with Gasteiger partial charge in [-0.2, -0.15) is 5.10 Å². The minimum Gasteiger partial charge on any atom is -0.355 e. The molecular formula is C14H16N4O3. The van der Waals surface area contributed by atoms with Crippen LogP contribution in [-0.2, 0) is 4.79 Å². The van der Waals surface area contributed by atoms with Crippen LogP contribution in [0.2, 0.25) is 0 Å². The van der Waals surface area contributed by atoms with Crippen LogP contribution in [0.1, 0.15) is 24.3 Å². The molecule has 1 heterocycles. The molecule has 2 amide bonds. The van der Waals surface area contributed by atoms with E-state index in [1.165, 1.54) is 0 Å². The normalized spacial score (nSPS) is 11.9. The van der Waals surface area contributed by atoms with Crippen molar-refractivity contribution >= 4 is 22.6 Å². The summed E-state index contributed by atoms with van der Waals surface area (Å²) in [5, 5.41) is 12.1. The van der Waals surface area contributed by atoms with Gasteiger partial charge in [0.05, 0.1) is 5.39 Å². The number of nitrogens with one attached hydrogen (secondary N) is 3. The quantitative estimate of drug-likeness (QED) is 0.746. The van der Waals surface area contributed by atoms with Crippen LogP contribution < -0.4 is 16.2 Å². The molecule has 7 heteroatoms. The molecule has 7 nitrogen and oxygen atoms in total. The Morgan fingerprint density at radius 2 is 1.95 bits per heavy atom. The van der Waals surface area contributed by atoms with Crippen molar-refractivity contribution in [1.82, 2.24) is 20.8 Å². The molecule has 0 aliphatic carbocycles. The number of hydrogen-bond acceptors (Lipinski definition) is 4. The summed E-state index contributed by atoms with van der Waals surface area (Å²) in [5.41, 5.74) is -0.278. The minimum absolute atomic E-state index is 0.0846. The summed E-state index contributed by atoms with van der Waals surface area (Å²) in [6, 6.07) is 5.98. The lowest BCUT2D eigenvalue weighted by molar-refractivity contribution is -0.122. The molecule has 0 radical (unpaired) electrons. The number of rotatable bonds is 4. The maximum absolute atomic E-state index is 12.2.